The van der Waals surface area contributed by atoms with Crippen molar-refractivity contribution in [2.45, 2.75) is 13.8 Å². The molecule has 1 aromatic carbocycles. The van der Waals surface area contributed by atoms with Gasteiger partial charge >= 0.3 is 5.97 Å². The van der Waals surface area contributed by atoms with E-state index in [0.717, 1.165) is 6.08 Å². The first kappa shape index (κ1) is 17.1. The smallest absolute Gasteiger partial charge is 0.322 e. The minimum Gasteiger partial charge on any atom is -0.480 e. The SMILES string of the molecule is CC(=O)c1ccc(NC(=O)/C(C)=C\C(=O)NCC(=O)O)cc1. The average Bonchev–Trinajstić information content (AvgIpc) is 2.45. The summed E-state index contributed by atoms with van der Waals surface area (Å²) in [6, 6.07) is 6.31. The minimum absolute atomic E-state index is 0.0796. The molecule has 1 aromatic rings. The highest BCUT2D eigenvalue weighted by atomic mass is 16.4. The summed E-state index contributed by atoms with van der Waals surface area (Å²) in [4.78, 5) is 44.7. The first-order valence-electron chi connectivity index (χ1n) is 6.40. The number of carbonyl (C=O) groups excluding carboxylic acids is 3. The van der Waals surface area contributed by atoms with Gasteiger partial charge in [0.05, 0.1) is 0 Å². The molecule has 0 atom stereocenters. The molecule has 22 heavy (non-hydrogen) atoms. The van der Waals surface area contributed by atoms with Crippen molar-refractivity contribution in [3.05, 3.63) is 41.5 Å². The van der Waals surface area contributed by atoms with Crippen molar-refractivity contribution in [2.75, 3.05) is 11.9 Å². The van der Waals surface area contributed by atoms with Crippen LogP contribution in [-0.2, 0) is 14.4 Å². The third-order valence-corrected chi connectivity index (χ3v) is 2.67. The van der Waals surface area contributed by atoms with E-state index in [-0.39, 0.29) is 11.4 Å². The second kappa shape index (κ2) is 7.72. The van der Waals surface area contributed by atoms with Gasteiger partial charge in [0.25, 0.3) is 5.91 Å². The maximum absolute atomic E-state index is 11.9. The van der Waals surface area contributed by atoms with E-state index in [1.54, 1.807) is 24.3 Å². The maximum atomic E-state index is 11.9. The average molecular weight is 304 g/mol. The molecule has 0 aliphatic heterocycles. The molecule has 7 heteroatoms. The lowest BCUT2D eigenvalue weighted by Crippen LogP contribution is -2.28. The molecule has 0 radical (unpaired) electrons. The van der Waals surface area contributed by atoms with E-state index in [1.807, 2.05) is 0 Å². The Kier molecular flexibility index (Phi) is 6.00. The maximum Gasteiger partial charge on any atom is 0.322 e. The van der Waals surface area contributed by atoms with Crippen LogP contribution in [0.5, 0.6) is 0 Å². The van der Waals surface area contributed by atoms with E-state index in [0.29, 0.717) is 11.3 Å². The third kappa shape index (κ3) is 5.58. The Bertz CT molecular complexity index is 632. The predicted octanol–water partition coefficient (Wildman–Crippen LogP) is 0.975. The van der Waals surface area contributed by atoms with Gasteiger partial charge in [-0.05, 0) is 38.1 Å². The zero-order valence-electron chi connectivity index (χ0n) is 12.2. The summed E-state index contributed by atoms with van der Waals surface area (Å²) >= 11 is 0. The lowest BCUT2D eigenvalue weighted by Gasteiger charge is -2.06. The molecular weight excluding hydrogens is 288 g/mol. The lowest BCUT2D eigenvalue weighted by molar-refractivity contribution is -0.137. The number of carbonyl (C=O) groups is 4. The summed E-state index contributed by atoms with van der Waals surface area (Å²) in [5.41, 5.74) is 1.13. The van der Waals surface area contributed by atoms with Crippen molar-refractivity contribution in [3.8, 4) is 0 Å². The van der Waals surface area contributed by atoms with Gasteiger partial charge in [0.15, 0.2) is 5.78 Å². The third-order valence-electron chi connectivity index (χ3n) is 2.67. The van der Waals surface area contributed by atoms with Crippen LogP contribution in [0.15, 0.2) is 35.9 Å². The first-order valence-corrected chi connectivity index (χ1v) is 6.40. The number of Topliss-reactive ketones (excluding diaryl/α,β-unsaturated/α-hetero) is 1. The minimum atomic E-state index is -1.17. The molecule has 0 saturated carbocycles. The number of anilines is 1. The molecule has 0 spiro atoms. The molecule has 0 bridgehead atoms. The molecule has 3 N–H and O–H groups in total. The molecule has 0 aliphatic rings. The van der Waals surface area contributed by atoms with Gasteiger partial charge in [-0.3, -0.25) is 19.2 Å². The van der Waals surface area contributed by atoms with Crippen LogP contribution >= 0.6 is 0 Å². The highest BCUT2D eigenvalue weighted by Gasteiger charge is 2.08. The molecule has 0 heterocycles. The summed E-state index contributed by atoms with van der Waals surface area (Å²) < 4.78 is 0. The second-order valence-corrected chi connectivity index (χ2v) is 4.53. The molecule has 0 fully saturated rings. The lowest BCUT2D eigenvalue weighted by atomic mass is 10.1. The summed E-state index contributed by atoms with van der Waals surface area (Å²) in [6.07, 6.45) is 1.02. The second-order valence-electron chi connectivity index (χ2n) is 4.53. The monoisotopic (exact) mass is 304 g/mol. The molecule has 1 rings (SSSR count). The predicted molar refractivity (Wildman–Crippen MR) is 79.5 cm³/mol. The normalized spacial score (nSPS) is 10.7. The van der Waals surface area contributed by atoms with Crippen LogP contribution < -0.4 is 10.6 Å². The van der Waals surface area contributed by atoms with Crippen LogP contribution in [0.2, 0.25) is 0 Å². The van der Waals surface area contributed by atoms with Crippen LogP contribution in [0.3, 0.4) is 0 Å². The largest absolute Gasteiger partial charge is 0.480 e. The van der Waals surface area contributed by atoms with Crippen molar-refractivity contribution in [3.63, 3.8) is 0 Å². The summed E-state index contributed by atoms with van der Waals surface area (Å²) in [7, 11) is 0. The number of rotatable bonds is 6. The van der Waals surface area contributed by atoms with E-state index >= 15 is 0 Å². The summed E-state index contributed by atoms with van der Waals surface area (Å²) in [5.74, 6) is -2.42. The number of hydrogen-bond acceptors (Lipinski definition) is 4. The quantitative estimate of drug-likeness (QED) is 0.535. The van der Waals surface area contributed by atoms with Crippen LogP contribution in [-0.4, -0.2) is 35.2 Å². The Labute approximate surface area is 127 Å². The molecular formula is C15H16N2O5. The number of carboxylic acid groups (broad SMARTS) is 1. The molecule has 0 saturated heterocycles. The number of ketones is 1. The molecule has 0 unspecified atom stereocenters. The van der Waals surface area contributed by atoms with Crippen molar-refractivity contribution in [1.82, 2.24) is 5.32 Å². The van der Waals surface area contributed by atoms with E-state index in [4.69, 9.17) is 5.11 Å². The van der Waals surface area contributed by atoms with Gasteiger partial charge in [0.1, 0.15) is 6.54 Å². The summed E-state index contributed by atoms with van der Waals surface area (Å²) in [5, 5.41) is 13.1. The zero-order valence-corrected chi connectivity index (χ0v) is 12.2. The van der Waals surface area contributed by atoms with Crippen LogP contribution in [0.1, 0.15) is 24.2 Å². The fourth-order valence-electron chi connectivity index (χ4n) is 1.49. The molecule has 7 nitrogen and oxygen atoms in total. The Morgan fingerprint density at radius 2 is 1.68 bits per heavy atom. The number of amides is 2. The fraction of sp³-hybridized carbons (Fsp3) is 0.200. The Morgan fingerprint density at radius 1 is 1.09 bits per heavy atom. The number of hydrogen-bond donors (Lipinski definition) is 3. The standard InChI is InChI=1S/C15H16N2O5/c1-9(7-13(19)16-8-14(20)21)15(22)17-12-5-3-11(4-6-12)10(2)18/h3-7H,8H2,1-2H3,(H,16,19)(H,17,22)(H,20,21)/b9-7-. The van der Waals surface area contributed by atoms with E-state index < -0.39 is 24.3 Å². The van der Waals surface area contributed by atoms with E-state index in [1.165, 1.54) is 13.8 Å². The highest BCUT2D eigenvalue weighted by Crippen LogP contribution is 2.11. The fourth-order valence-corrected chi connectivity index (χ4v) is 1.49. The zero-order chi connectivity index (χ0) is 16.7. The number of benzene rings is 1. The van der Waals surface area contributed by atoms with Crippen LogP contribution in [0.4, 0.5) is 5.69 Å². The van der Waals surface area contributed by atoms with Crippen molar-refractivity contribution < 1.29 is 24.3 Å². The van der Waals surface area contributed by atoms with Crippen molar-refractivity contribution in [2.24, 2.45) is 0 Å². The molecule has 2 amide bonds. The van der Waals surface area contributed by atoms with Gasteiger partial charge < -0.3 is 15.7 Å². The van der Waals surface area contributed by atoms with E-state index in [2.05, 4.69) is 10.6 Å². The molecule has 116 valence electrons. The van der Waals surface area contributed by atoms with Gasteiger partial charge in [0, 0.05) is 22.9 Å². The number of carboxylic acids is 1. The number of nitrogens with one attached hydrogen (secondary N) is 2. The highest BCUT2D eigenvalue weighted by molar-refractivity contribution is 6.07. The van der Waals surface area contributed by atoms with Crippen LogP contribution in [0, 0.1) is 0 Å². The Morgan fingerprint density at radius 3 is 2.18 bits per heavy atom. The Balaban J connectivity index is 2.65. The molecule has 0 aromatic heterocycles. The number of aliphatic carboxylic acids is 1. The Hall–Kier alpha value is -2.96. The topological polar surface area (TPSA) is 113 Å². The van der Waals surface area contributed by atoms with Gasteiger partial charge in [-0.15, -0.1) is 0 Å². The van der Waals surface area contributed by atoms with Crippen LogP contribution in [0.25, 0.3) is 0 Å². The van der Waals surface area contributed by atoms with Gasteiger partial charge in [0.2, 0.25) is 5.91 Å². The molecule has 0 aliphatic carbocycles. The van der Waals surface area contributed by atoms with E-state index in [9.17, 15) is 19.2 Å². The first-order chi connectivity index (χ1) is 10.3. The van der Waals surface area contributed by atoms with Gasteiger partial charge in [-0.25, -0.2) is 0 Å². The van der Waals surface area contributed by atoms with Crippen molar-refractivity contribution in [1.29, 1.82) is 0 Å². The van der Waals surface area contributed by atoms with Gasteiger partial charge in [-0.1, -0.05) is 0 Å². The van der Waals surface area contributed by atoms with Gasteiger partial charge in [-0.2, -0.15) is 0 Å². The summed E-state index contributed by atoms with van der Waals surface area (Å²) in [6.45, 7) is 2.35. The van der Waals surface area contributed by atoms with Crippen molar-refractivity contribution >= 4 is 29.3 Å².